The zero-order valence-corrected chi connectivity index (χ0v) is 9.54. The van der Waals surface area contributed by atoms with Crippen molar-refractivity contribution in [3.8, 4) is 5.75 Å². The Kier molecular flexibility index (Phi) is 2.53. The van der Waals surface area contributed by atoms with E-state index in [-0.39, 0.29) is 12.2 Å². The molecule has 0 saturated carbocycles. The van der Waals surface area contributed by atoms with Gasteiger partial charge in [0.25, 0.3) is 0 Å². The minimum Gasteiger partial charge on any atom is -0.497 e. The zero-order valence-electron chi connectivity index (χ0n) is 9.54. The van der Waals surface area contributed by atoms with Gasteiger partial charge in [-0.2, -0.15) is 0 Å². The summed E-state index contributed by atoms with van der Waals surface area (Å²) in [4.78, 5) is 4.10. The third-order valence-electron chi connectivity index (χ3n) is 2.95. The summed E-state index contributed by atoms with van der Waals surface area (Å²) in [6, 6.07) is 12.0. The van der Waals surface area contributed by atoms with Gasteiger partial charge in [0.15, 0.2) is 0 Å². The van der Waals surface area contributed by atoms with Gasteiger partial charge in [-0.3, -0.25) is 4.98 Å². The lowest BCUT2D eigenvalue weighted by molar-refractivity contribution is 0.377. The molecule has 0 unspecified atom stereocenters. The van der Waals surface area contributed by atoms with E-state index in [0.717, 1.165) is 11.3 Å². The molecule has 2 aromatic rings. The molecule has 2 heterocycles. The van der Waals surface area contributed by atoms with Crippen LogP contribution >= 0.6 is 0 Å². The van der Waals surface area contributed by atoms with E-state index < -0.39 is 0 Å². The number of benzene rings is 1. The maximum atomic E-state index is 5.68. The van der Waals surface area contributed by atoms with Gasteiger partial charge in [0.1, 0.15) is 18.0 Å². The number of nitrogens with zero attached hydrogens (tertiary/aromatic N) is 1. The van der Waals surface area contributed by atoms with Crippen LogP contribution in [0.25, 0.3) is 0 Å². The fourth-order valence-corrected chi connectivity index (χ4v) is 1.96. The largest absolute Gasteiger partial charge is 0.497 e. The fraction of sp³-hybridized carbons (Fsp3) is 0.214. The Labute approximate surface area is 100 Å². The van der Waals surface area contributed by atoms with Crippen LogP contribution in [0.15, 0.2) is 48.8 Å². The van der Waals surface area contributed by atoms with Gasteiger partial charge >= 0.3 is 0 Å². The molecule has 1 saturated heterocycles. The quantitative estimate of drug-likeness (QED) is 0.756. The molecule has 1 aliphatic heterocycles. The molecule has 17 heavy (non-hydrogen) atoms. The van der Waals surface area contributed by atoms with E-state index in [1.807, 2.05) is 42.6 Å². The smallest absolute Gasteiger partial charge is 0.118 e. The molecule has 1 aliphatic rings. The molecule has 86 valence electrons. The topological polar surface area (TPSA) is 34.6 Å². The first-order chi connectivity index (χ1) is 8.38. The molecule has 0 radical (unpaired) electrons. The molecule has 3 rings (SSSR count). The molecule has 3 heteroatoms. The van der Waals surface area contributed by atoms with Crippen molar-refractivity contribution >= 4 is 0 Å². The first kappa shape index (κ1) is 10.3. The summed E-state index contributed by atoms with van der Waals surface area (Å²) in [6.45, 7) is 0. The molecule has 1 fully saturated rings. The number of rotatable bonds is 3. The minimum absolute atomic E-state index is 0.150. The van der Waals surface area contributed by atoms with Gasteiger partial charge in [0, 0.05) is 18.0 Å². The normalized spacial score (nSPS) is 22.2. The number of hydrogen-bond donors (Lipinski definition) is 0. The molecule has 2 atom stereocenters. The zero-order chi connectivity index (χ0) is 11.7. The van der Waals surface area contributed by atoms with Crippen molar-refractivity contribution in [2.75, 3.05) is 7.11 Å². The van der Waals surface area contributed by atoms with Crippen molar-refractivity contribution in [2.24, 2.45) is 0 Å². The minimum atomic E-state index is 0.150. The lowest BCUT2D eigenvalue weighted by atomic mass is 10.1. The van der Waals surface area contributed by atoms with Gasteiger partial charge in [-0.1, -0.05) is 18.2 Å². The van der Waals surface area contributed by atoms with Crippen LogP contribution in [0.2, 0.25) is 0 Å². The van der Waals surface area contributed by atoms with Crippen LogP contribution in [-0.2, 0) is 4.74 Å². The number of epoxide rings is 1. The molecule has 0 amide bonds. The van der Waals surface area contributed by atoms with E-state index in [0.29, 0.717) is 0 Å². The van der Waals surface area contributed by atoms with Crippen LogP contribution in [0.3, 0.4) is 0 Å². The lowest BCUT2D eigenvalue weighted by Crippen LogP contribution is -1.86. The van der Waals surface area contributed by atoms with Gasteiger partial charge in [-0.15, -0.1) is 0 Å². The van der Waals surface area contributed by atoms with Gasteiger partial charge < -0.3 is 9.47 Å². The van der Waals surface area contributed by atoms with Gasteiger partial charge in [0.05, 0.1) is 7.11 Å². The van der Waals surface area contributed by atoms with Crippen molar-refractivity contribution in [3.63, 3.8) is 0 Å². The van der Waals surface area contributed by atoms with Crippen LogP contribution in [0.1, 0.15) is 23.3 Å². The monoisotopic (exact) mass is 227 g/mol. The van der Waals surface area contributed by atoms with Crippen LogP contribution in [0.4, 0.5) is 0 Å². The van der Waals surface area contributed by atoms with E-state index in [9.17, 15) is 0 Å². The molecular weight excluding hydrogens is 214 g/mol. The highest BCUT2D eigenvalue weighted by molar-refractivity contribution is 5.33. The standard InChI is InChI=1S/C14H13NO2/c1-16-12-6-4-10(5-7-12)13-14(17-13)11-3-2-8-15-9-11/h2-9,13-14H,1H3/t13-,14-/m1/s1. The number of aromatic nitrogens is 1. The Balaban J connectivity index is 1.76. The first-order valence-electron chi connectivity index (χ1n) is 5.58. The maximum absolute atomic E-state index is 5.68. The summed E-state index contributed by atoms with van der Waals surface area (Å²) < 4.78 is 10.8. The van der Waals surface area contributed by atoms with E-state index >= 15 is 0 Å². The highest BCUT2D eigenvalue weighted by atomic mass is 16.6. The molecule has 1 aromatic carbocycles. The third-order valence-corrected chi connectivity index (χ3v) is 2.95. The summed E-state index contributed by atoms with van der Waals surface area (Å²) in [5.41, 5.74) is 2.31. The second-order valence-electron chi connectivity index (χ2n) is 4.04. The maximum Gasteiger partial charge on any atom is 0.118 e. The molecule has 0 N–H and O–H groups in total. The Morgan fingerprint density at radius 1 is 1.06 bits per heavy atom. The summed E-state index contributed by atoms with van der Waals surface area (Å²) in [5, 5.41) is 0. The van der Waals surface area contributed by atoms with Crippen molar-refractivity contribution in [1.29, 1.82) is 0 Å². The van der Waals surface area contributed by atoms with Crippen LogP contribution in [0.5, 0.6) is 5.75 Å². The second-order valence-corrected chi connectivity index (χ2v) is 4.04. The third kappa shape index (κ3) is 2.01. The summed E-state index contributed by atoms with van der Waals surface area (Å²) >= 11 is 0. The fourth-order valence-electron chi connectivity index (χ4n) is 1.96. The van der Waals surface area contributed by atoms with Crippen molar-refractivity contribution in [2.45, 2.75) is 12.2 Å². The Morgan fingerprint density at radius 2 is 1.82 bits per heavy atom. The number of hydrogen-bond acceptors (Lipinski definition) is 3. The lowest BCUT2D eigenvalue weighted by Gasteiger charge is -2.00. The van der Waals surface area contributed by atoms with Gasteiger partial charge in [-0.25, -0.2) is 0 Å². The summed E-state index contributed by atoms with van der Waals surface area (Å²) in [5.74, 6) is 0.868. The van der Waals surface area contributed by atoms with Crippen LogP contribution in [0, 0.1) is 0 Å². The Bertz CT molecular complexity index is 495. The number of ether oxygens (including phenoxy) is 2. The van der Waals surface area contributed by atoms with Gasteiger partial charge in [0.2, 0.25) is 0 Å². The second kappa shape index (κ2) is 4.18. The molecule has 0 spiro atoms. The number of methoxy groups -OCH3 is 1. The van der Waals surface area contributed by atoms with Crippen LogP contribution in [-0.4, -0.2) is 12.1 Å². The van der Waals surface area contributed by atoms with Crippen molar-refractivity contribution in [3.05, 3.63) is 59.9 Å². The summed E-state index contributed by atoms with van der Waals surface area (Å²) in [6.07, 6.45) is 3.94. The van der Waals surface area contributed by atoms with Crippen molar-refractivity contribution < 1.29 is 9.47 Å². The summed E-state index contributed by atoms with van der Waals surface area (Å²) in [7, 11) is 1.67. The molecular formula is C14H13NO2. The Morgan fingerprint density at radius 3 is 2.47 bits per heavy atom. The molecule has 0 aliphatic carbocycles. The average molecular weight is 227 g/mol. The van der Waals surface area contributed by atoms with E-state index in [4.69, 9.17) is 9.47 Å². The van der Waals surface area contributed by atoms with Gasteiger partial charge in [-0.05, 0) is 23.8 Å². The first-order valence-corrected chi connectivity index (χ1v) is 5.58. The van der Waals surface area contributed by atoms with Crippen molar-refractivity contribution in [1.82, 2.24) is 4.98 Å². The highest BCUT2D eigenvalue weighted by Gasteiger charge is 2.41. The van der Waals surface area contributed by atoms with E-state index in [2.05, 4.69) is 4.98 Å². The van der Waals surface area contributed by atoms with E-state index in [1.54, 1.807) is 13.3 Å². The SMILES string of the molecule is COc1ccc([C@H]2O[C@@H]2c2cccnc2)cc1. The van der Waals surface area contributed by atoms with E-state index in [1.165, 1.54) is 5.56 Å². The average Bonchev–Trinajstić information content (AvgIpc) is 3.20. The Hall–Kier alpha value is -1.87. The number of pyridine rings is 1. The molecule has 3 nitrogen and oxygen atoms in total. The molecule has 1 aromatic heterocycles. The highest BCUT2D eigenvalue weighted by Crippen LogP contribution is 2.50. The van der Waals surface area contributed by atoms with Crippen LogP contribution < -0.4 is 4.74 Å². The molecule has 0 bridgehead atoms. The predicted molar refractivity (Wildman–Crippen MR) is 63.8 cm³/mol. The predicted octanol–water partition coefficient (Wildman–Crippen LogP) is 2.90.